The Bertz CT molecular complexity index is 1210. The molecule has 3 aromatic rings. The Labute approximate surface area is 189 Å². The van der Waals surface area contributed by atoms with E-state index in [1.165, 1.54) is 34.4 Å². The summed E-state index contributed by atoms with van der Waals surface area (Å²) in [4.78, 5) is 41.9. The fourth-order valence-corrected chi connectivity index (χ4v) is 6.80. The van der Waals surface area contributed by atoms with E-state index in [0.717, 1.165) is 31.1 Å². The molecular weight excluding hydrogens is 477 g/mol. The van der Waals surface area contributed by atoms with Gasteiger partial charge in [-0.3, -0.25) is 0 Å². The Kier molecular flexibility index (Phi) is 4.78. The number of nitrogens with zero attached hydrogens (tertiary/aromatic N) is 3. The Morgan fingerprint density at radius 1 is 0.774 bits per heavy atom. The van der Waals surface area contributed by atoms with E-state index in [2.05, 4.69) is 41.3 Å². The monoisotopic (exact) mass is 495 g/mol. The summed E-state index contributed by atoms with van der Waals surface area (Å²) < 4.78 is 2.61. The fraction of sp³-hybridized carbons (Fsp3) is 0.0870. The van der Waals surface area contributed by atoms with Crippen molar-refractivity contribution >= 4 is 75.5 Å². The number of fused-ring (bicyclic) bond motifs is 2. The molecule has 2 aliphatic rings. The van der Waals surface area contributed by atoms with Gasteiger partial charge in [0, 0.05) is 0 Å². The van der Waals surface area contributed by atoms with Crippen LogP contribution in [0.3, 0.4) is 0 Å². The van der Waals surface area contributed by atoms with Crippen LogP contribution < -0.4 is 13.8 Å². The van der Waals surface area contributed by atoms with Crippen molar-refractivity contribution in [2.75, 3.05) is 19.0 Å². The van der Waals surface area contributed by atoms with Crippen molar-refractivity contribution in [2.45, 2.75) is 0 Å². The first-order valence-electron chi connectivity index (χ1n) is 9.53. The first-order valence-corrected chi connectivity index (χ1v) is 12.1. The quantitative estimate of drug-likeness (QED) is 0.244. The molecule has 0 aliphatic carbocycles. The molecule has 1 aromatic heterocycles. The molecule has 154 valence electrons. The minimum absolute atomic E-state index is 0.0132. The van der Waals surface area contributed by atoms with Crippen molar-refractivity contribution in [1.82, 2.24) is 9.80 Å². The van der Waals surface area contributed by atoms with Gasteiger partial charge in [-0.25, -0.2) is 0 Å². The molecule has 2 aromatic carbocycles. The van der Waals surface area contributed by atoms with Gasteiger partial charge in [-0.05, 0) is 0 Å². The van der Waals surface area contributed by atoms with Crippen molar-refractivity contribution in [3.05, 3.63) is 71.1 Å². The molecule has 0 N–H and O–H groups in total. The molecule has 8 heteroatoms. The molecule has 0 unspecified atom stereocenters. The number of hydrogen-bond donors (Lipinski definition) is 0. The summed E-state index contributed by atoms with van der Waals surface area (Å²) in [6.45, 7) is 0. The van der Waals surface area contributed by atoms with Gasteiger partial charge in [-0.2, -0.15) is 0 Å². The summed E-state index contributed by atoms with van der Waals surface area (Å²) in [5.74, 6) is -1.17. The van der Waals surface area contributed by atoms with Gasteiger partial charge in [0.05, 0.1) is 0 Å². The molecule has 0 spiro atoms. The minimum atomic E-state index is -0.623. The normalized spacial score (nSPS) is 15.9. The number of hydrogen-bond acceptors (Lipinski definition) is 5. The molecule has 0 bridgehead atoms. The average Bonchev–Trinajstić information content (AvgIpc) is 3.25. The molecule has 5 rings (SSSR count). The van der Waals surface area contributed by atoms with Crippen LogP contribution in [-0.4, -0.2) is 56.7 Å². The maximum absolute atomic E-state index is 12.5. The molecule has 0 saturated carbocycles. The molecule has 2 aliphatic heterocycles. The Hall–Kier alpha value is -3.19. The summed E-state index contributed by atoms with van der Waals surface area (Å²) in [6.07, 6.45) is 1.57. The summed E-state index contributed by atoms with van der Waals surface area (Å²) in [5, 5.41) is 0.996. The molecule has 4 amide bonds. The third-order valence-corrected chi connectivity index (χ3v) is 8.58. The van der Waals surface area contributed by atoms with E-state index in [1.807, 2.05) is 24.3 Å². The van der Waals surface area contributed by atoms with Gasteiger partial charge in [-0.1, -0.05) is 0 Å². The molecule has 31 heavy (non-hydrogen) atoms. The van der Waals surface area contributed by atoms with Crippen LogP contribution in [0.1, 0.15) is 4.88 Å². The standard InChI is InChI=1S/C23H17N3O3SSe/c1-24-21(27)15(22(28)25(2)23(24)29)13-14-11-12-20(30-14)26-16-7-3-5-9-18(16)31-19-10-6-4-8-17(19)26/h3-13H,1-2H3. The molecule has 1 fully saturated rings. The fourth-order valence-electron chi connectivity index (χ4n) is 3.60. The summed E-state index contributed by atoms with van der Waals surface area (Å²) in [6, 6.07) is 20.0. The van der Waals surface area contributed by atoms with E-state index in [9.17, 15) is 14.4 Å². The van der Waals surface area contributed by atoms with E-state index < -0.39 is 17.8 Å². The van der Waals surface area contributed by atoms with E-state index >= 15 is 0 Å². The Balaban J connectivity index is 1.57. The number of rotatable bonds is 2. The van der Waals surface area contributed by atoms with Crippen LogP contribution in [0.2, 0.25) is 0 Å². The van der Waals surface area contributed by atoms with Gasteiger partial charge < -0.3 is 0 Å². The number of barbiturate groups is 1. The molecule has 1 saturated heterocycles. The number of thiophene rings is 1. The molecule has 3 heterocycles. The second-order valence-electron chi connectivity index (χ2n) is 7.12. The maximum atomic E-state index is 12.5. The first-order chi connectivity index (χ1) is 15.0. The van der Waals surface area contributed by atoms with E-state index in [4.69, 9.17) is 0 Å². The number of amides is 4. The summed E-state index contributed by atoms with van der Waals surface area (Å²) in [5.41, 5.74) is 2.29. The van der Waals surface area contributed by atoms with Crippen molar-refractivity contribution in [1.29, 1.82) is 0 Å². The van der Waals surface area contributed by atoms with Crippen LogP contribution in [0.4, 0.5) is 21.2 Å². The number of carbonyl (C=O) groups excluding carboxylic acids is 3. The van der Waals surface area contributed by atoms with Gasteiger partial charge in [0.1, 0.15) is 0 Å². The van der Waals surface area contributed by atoms with Crippen LogP contribution >= 0.6 is 11.3 Å². The topological polar surface area (TPSA) is 60.9 Å². The number of carbonyl (C=O) groups is 3. The number of para-hydroxylation sites is 2. The summed E-state index contributed by atoms with van der Waals surface area (Å²) >= 11 is 1.73. The predicted molar refractivity (Wildman–Crippen MR) is 123 cm³/mol. The zero-order chi connectivity index (χ0) is 21.7. The SMILES string of the molecule is CN1C(=O)C(=Cc2ccc(N3c4ccccc4[Se]c4ccccc43)s2)C(=O)N(C)C1=O. The molecule has 6 nitrogen and oxygen atoms in total. The van der Waals surface area contributed by atoms with Crippen LogP contribution in [-0.2, 0) is 9.59 Å². The van der Waals surface area contributed by atoms with E-state index in [-0.39, 0.29) is 20.5 Å². The second-order valence-corrected chi connectivity index (χ2v) is 10.5. The summed E-state index contributed by atoms with van der Waals surface area (Å²) in [7, 11) is 2.76. The van der Waals surface area contributed by atoms with Crippen molar-refractivity contribution in [3.63, 3.8) is 0 Å². The first kappa shape index (κ1) is 19.8. The predicted octanol–water partition coefficient (Wildman–Crippen LogP) is 2.62. The third kappa shape index (κ3) is 3.20. The Morgan fingerprint density at radius 2 is 1.32 bits per heavy atom. The zero-order valence-electron chi connectivity index (χ0n) is 16.7. The van der Waals surface area contributed by atoms with Crippen LogP contribution in [0.25, 0.3) is 6.08 Å². The zero-order valence-corrected chi connectivity index (χ0v) is 19.3. The van der Waals surface area contributed by atoms with Gasteiger partial charge >= 0.3 is 190 Å². The van der Waals surface area contributed by atoms with E-state index in [1.54, 1.807) is 6.08 Å². The Morgan fingerprint density at radius 3 is 1.90 bits per heavy atom. The molecule has 0 atom stereocenters. The second kappa shape index (κ2) is 7.50. The number of benzene rings is 2. The van der Waals surface area contributed by atoms with Gasteiger partial charge in [-0.15, -0.1) is 0 Å². The van der Waals surface area contributed by atoms with Crippen LogP contribution in [0.15, 0.2) is 66.2 Å². The van der Waals surface area contributed by atoms with Gasteiger partial charge in [0.2, 0.25) is 0 Å². The number of urea groups is 1. The van der Waals surface area contributed by atoms with E-state index in [0.29, 0.717) is 0 Å². The third-order valence-electron chi connectivity index (χ3n) is 5.20. The molecular formula is C23H17N3O3SSe. The van der Waals surface area contributed by atoms with Crippen molar-refractivity contribution in [3.8, 4) is 0 Å². The van der Waals surface area contributed by atoms with Crippen LogP contribution in [0.5, 0.6) is 0 Å². The molecule has 0 radical (unpaired) electrons. The van der Waals surface area contributed by atoms with Crippen molar-refractivity contribution < 1.29 is 14.4 Å². The number of imide groups is 2. The van der Waals surface area contributed by atoms with Crippen LogP contribution in [0, 0.1) is 0 Å². The average molecular weight is 494 g/mol. The number of likely N-dealkylation sites (N-methyl/N-ethyl adjacent to an activating group) is 2. The van der Waals surface area contributed by atoms with Gasteiger partial charge in [0.15, 0.2) is 0 Å². The van der Waals surface area contributed by atoms with Crippen molar-refractivity contribution in [2.24, 2.45) is 0 Å². The number of anilines is 3. The van der Waals surface area contributed by atoms with Gasteiger partial charge in [0.25, 0.3) is 0 Å².